The van der Waals surface area contributed by atoms with Crippen LogP contribution in [0.25, 0.3) is 0 Å². The Hall–Kier alpha value is -1.89. The molecule has 0 fully saturated rings. The lowest BCUT2D eigenvalue weighted by Gasteiger charge is -2.17. The molecule has 1 aromatic rings. The van der Waals surface area contributed by atoms with E-state index in [2.05, 4.69) is 17.2 Å². The minimum Gasteiger partial charge on any atom is -0.383 e. The van der Waals surface area contributed by atoms with Crippen LogP contribution >= 0.6 is 0 Å². The quantitative estimate of drug-likeness (QED) is 0.568. The van der Waals surface area contributed by atoms with E-state index in [0.717, 1.165) is 12.8 Å². The number of rotatable bonds is 7. The van der Waals surface area contributed by atoms with E-state index in [0.29, 0.717) is 12.4 Å². The fraction of sp³-hybridized carbons (Fsp3) is 0.545. The van der Waals surface area contributed by atoms with Gasteiger partial charge in [-0.2, -0.15) is 0 Å². The van der Waals surface area contributed by atoms with Gasteiger partial charge >= 0.3 is 0 Å². The standard InChI is InChI=1S/C11H18N4O3/c1-3-4-8(7-18-2)13-11-6-9(15(16)17)5-10(12)14-11/h5-6,8H,3-4,7H2,1-2H3,(H3,12,13,14). The summed E-state index contributed by atoms with van der Waals surface area (Å²) in [6, 6.07) is 2.67. The summed E-state index contributed by atoms with van der Waals surface area (Å²) in [5, 5.41) is 13.8. The van der Waals surface area contributed by atoms with Crippen molar-refractivity contribution in [3.8, 4) is 0 Å². The topological polar surface area (TPSA) is 103 Å². The van der Waals surface area contributed by atoms with Gasteiger partial charge in [0.1, 0.15) is 11.6 Å². The summed E-state index contributed by atoms with van der Waals surface area (Å²) in [6.07, 6.45) is 1.86. The Kier molecular flexibility index (Phi) is 5.31. The maximum atomic E-state index is 10.7. The van der Waals surface area contributed by atoms with Crippen molar-refractivity contribution in [2.45, 2.75) is 25.8 Å². The average Bonchev–Trinajstić information content (AvgIpc) is 2.28. The molecule has 0 radical (unpaired) electrons. The molecule has 1 unspecified atom stereocenters. The van der Waals surface area contributed by atoms with Gasteiger partial charge in [-0.05, 0) is 6.42 Å². The van der Waals surface area contributed by atoms with Gasteiger partial charge in [0.25, 0.3) is 5.69 Å². The predicted molar refractivity (Wildman–Crippen MR) is 69.5 cm³/mol. The minimum absolute atomic E-state index is 0.0638. The molecule has 1 heterocycles. The molecule has 0 aliphatic rings. The molecule has 18 heavy (non-hydrogen) atoms. The van der Waals surface area contributed by atoms with Crippen molar-refractivity contribution < 1.29 is 9.66 Å². The fourth-order valence-corrected chi connectivity index (χ4v) is 1.67. The number of nitrogens with two attached hydrogens (primary N) is 1. The molecule has 0 saturated heterocycles. The molecule has 0 aromatic carbocycles. The second-order valence-corrected chi connectivity index (χ2v) is 3.98. The van der Waals surface area contributed by atoms with Crippen molar-refractivity contribution in [3.05, 3.63) is 22.2 Å². The van der Waals surface area contributed by atoms with Gasteiger partial charge in [0.15, 0.2) is 0 Å². The highest BCUT2D eigenvalue weighted by atomic mass is 16.6. The number of pyridine rings is 1. The third kappa shape index (κ3) is 4.17. The first-order valence-corrected chi connectivity index (χ1v) is 5.74. The molecule has 0 aliphatic heterocycles. The fourth-order valence-electron chi connectivity index (χ4n) is 1.67. The van der Waals surface area contributed by atoms with E-state index in [4.69, 9.17) is 10.5 Å². The summed E-state index contributed by atoms with van der Waals surface area (Å²) >= 11 is 0. The summed E-state index contributed by atoms with van der Waals surface area (Å²) < 4.78 is 5.08. The number of hydrogen-bond acceptors (Lipinski definition) is 6. The SMILES string of the molecule is CCCC(COC)Nc1cc([N+](=O)[O-])cc(N)n1. The summed E-state index contributed by atoms with van der Waals surface area (Å²) in [4.78, 5) is 14.2. The van der Waals surface area contributed by atoms with Crippen LogP contribution in [0.15, 0.2) is 12.1 Å². The third-order valence-corrected chi connectivity index (χ3v) is 2.40. The number of nitrogens with one attached hydrogen (secondary N) is 1. The molecule has 7 heteroatoms. The van der Waals surface area contributed by atoms with Crippen molar-refractivity contribution in [2.75, 3.05) is 24.8 Å². The molecule has 1 aromatic heterocycles. The minimum atomic E-state index is -0.492. The number of nitro groups is 1. The zero-order chi connectivity index (χ0) is 13.5. The molecule has 7 nitrogen and oxygen atoms in total. The van der Waals surface area contributed by atoms with Crippen LogP contribution in [0.1, 0.15) is 19.8 Å². The summed E-state index contributed by atoms with van der Waals surface area (Å²) in [5.74, 6) is 0.525. The van der Waals surface area contributed by atoms with E-state index < -0.39 is 4.92 Å². The van der Waals surface area contributed by atoms with Gasteiger partial charge in [0, 0.05) is 7.11 Å². The Labute approximate surface area is 105 Å². The second-order valence-electron chi connectivity index (χ2n) is 3.98. The van der Waals surface area contributed by atoms with E-state index in [-0.39, 0.29) is 17.5 Å². The Bertz CT molecular complexity index is 405. The number of nitrogens with zero attached hydrogens (tertiary/aromatic N) is 2. The molecule has 0 saturated carbocycles. The van der Waals surface area contributed by atoms with E-state index >= 15 is 0 Å². The van der Waals surface area contributed by atoms with Crippen LogP contribution < -0.4 is 11.1 Å². The maximum Gasteiger partial charge on any atom is 0.276 e. The number of nitrogen functional groups attached to an aromatic ring is 1. The number of ether oxygens (including phenoxy) is 1. The highest BCUT2D eigenvalue weighted by molar-refractivity contribution is 5.53. The number of anilines is 2. The predicted octanol–water partition coefficient (Wildman–Crippen LogP) is 1.80. The lowest BCUT2D eigenvalue weighted by Crippen LogP contribution is -2.25. The molecular formula is C11H18N4O3. The van der Waals surface area contributed by atoms with Gasteiger partial charge in [-0.1, -0.05) is 13.3 Å². The third-order valence-electron chi connectivity index (χ3n) is 2.40. The van der Waals surface area contributed by atoms with Crippen molar-refractivity contribution in [1.82, 2.24) is 4.98 Å². The molecule has 1 atom stereocenters. The molecule has 3 N–H and O–H groups in total. The van der Waals surface area contributed by atoms with Crippen LogP contribution in [0, 0.1) is 10.1 Å². The molecule has 0 amide bonds. The Balaban J connectivity index is 2.84. The van der Waals surface area contributed by atoms with Gasteiger partial charge in [0.2, 0.25) is 0 Å². The van der Waals surface area contributed by atoms with Crippen molar-refractivity contribution in [1.29, 1.82) is 0 Å². The number of aromatic nitrogens is 1. The van der Waals surface area contributed by atoms with Gasteiger partial charge < -0.3 is 15.8 Å². The average molecular weight is 254 g/mol. The van der Waals surface area contributed by atoms with E-state index in [1.54, 1.807) is 7.11 Å². The largest absolute Gasteiger partial charge is 0.383 e. The number of hydrogen-bond donors (Lipinski definition) is 2. The lowest BCUT2D eigenvalue weighted by atomic mass is 10.2. The molecule has 0 spiro atoms. The summed E-state index contributed by atoms with van der Waals surface area (Å²) in [6.45, 7) is 2.57. The highest BCUT2D eigenvalue weighted by Crippen LogP contribution is 2.19. The van der Waals surface area contributed by atoms with Gasteiger partial charge in [-0.15, -0.1) is 0 Å². The molecule has 0 bridgehead atoms. The molecule has 100 valence electrons. The monoisotopic (exact) mass is 254 g/mol. The first-order valence-electron chi connectivity index (χ1n) is 5.74. The van der Waals surface area contributed by atoms with Gasteiger partial charge in [-0.25, -0.2) is 4.98 Å². The van der Waals surface area contributed by atoms with Crippen LogP contribution in [-0.4, -0.2) is 29.7 Å². The molecule has 1 rings (SSSR count). The van der Waals surface area contributed by atoms with E-state index in [1.807, 2.05) is 0 Å². The lowest BCUT2D eigenvalue weighted by molar-refractivity contribution is -0.384. The van der Waals surface area contributed by atoms with E-state index in [1.165, 1.54) is 12.1 Å². The van der Waals surface area contributed by atoms with Crippen LogP contribution in [0.3, 0.4) is 0 Å². The van der Waals surface area contributed by atoms with Crippen LogP contribution in [0.4, 0.5) is 17.3 Å². The Morgan fingerprint density at radius 1 is 1.61 bits per heavy atom. The maximum absolute atomic E-state index is 10.7. The van der Waals surface area contributed by atoms with Gasteiger partial charge in [-0.3, -0.25) is 10.1 Å². The Morgan fingerprint density at radius 3 is 2.89 bits per heavy atom. The van der Waals surface area contributed by atoms with Crippen LogP contribution in [-0.2, 0) is 4.74 Å². The number of methoxy groups -OCH3 is 1. The zero-order valence-corrected chi connectivity index (χ0v) is 10.5. The van der Waals surface area contributed by atoms with Crippen molar-refractivity contribution in [3.63, 3.8) is 0 Å². The van der Waals surface area contributed by atoms with Crippen LogP contribution in [0.5, 0.6) is 0 Å². The molecular weight excluding hydrogens is 236 g/mol. The second kappa shape index (κ2) is 6.75. The van der Waals surface area contributed by atoms with Crippen molar-refractivity contribution in [2.24, 2.45) is 0 Å². The first-order chi connectivity index (χ1) is 8.56. The summed E-state index contributed by atoms with van der Waals surface area (Å²) in [7, 11) is 1.61. The Morgan fingerprint density at radius 2 is 2.33 bits per heavy atom. The van der Waals surface area contributed by atoms with E-state index in [9.17, 15) is 10.1 Å². The summed E-state index contributed by atoms with van der Waals surface area (Å²) in [5.41, 5.74) is 5.46. The van der Waals surface area contributed by atoms with Crippen molar-refractivity contribution >= 4 is 17.3 Å². The normalized spacial score (nSPS) is 12.1. The van der Waals surface area contributed by atoms with Crippen LogP contribution in [0.2, 0.25) is 0 Å². The zero-order valence-electron chi connectivity index (χ0n) is 10.5. The molecule has 0 aliphatic carbocycles. The van der Waals surface area contributed by atoms with Gasteiger partial charge in [0.05, 0.1) is 29.7 Å². The highest BCUT2D eigenvalue weighted by Gasteiger charge is 2.13. The smallest absolute Gasteiger partial charge is 0.276 e. The first kappa shape index (κ1) is 14.2.